The van der Waals surface area contributed by atoms with Gasteiger partial charge in [0.05, 0.1) is 22.9 Å². The third-order valence-electron chi connectivity index (χ3n) is 5.17. The summed E-state index contributed by atoms with van der Waals surface area (Å²) in [4.78, 5) is 2.28. The van der Waals surface area contributed by atoms with E-state index in [-0.39, 0.29) is 5.75 Å². The van der Waals surface area contributed by atoms with Gasteiger partial charge < -0.3 is 10.0 Å². The van der Waals surface area contributed by atoms with E-state index >= 15 is 4.48 Å². The van der Waals surface area contributed by atoms with Crippen molar-refractivity contribution in [2.45, 2.75) is 26.2 Å². The molecule has 0 spiro atoms. The lowest BCUT2D eigenvalue weighted by atomic mass is 9.97. The highest BCUT2D eigenvalue weighted by atomic mass is 79.9. The van der Waals surface area contributed by atoms with Crippen molar-refractivity contribution in [2.75, 3.05) is 26.7 Å². The number of piperidine rings is 1. The zero-order chi connectivity index (χ0) is 19.4. The van der Waals surface area contributed by atoms with Gasteiger partial charge in [-0.05, 0) is 85.9 Å². The minimum atomic E-state index is 0.215. The normalized spacial score (nSPS) is 16.7. The van der Waals surface area contributed by atoms with E-state index in [4.69, 9.17) is 0 Å². The molecule has 146 valence electrons. The van der Waals surface area contributed by atoms with E-state index in [1.54, 1.807) is 29.1 Å². The summed E-state index contributed by atoms with van der Waals surface area (Å²) < 4.78 is 17.7. The Labute approximate surface area is 168 Å². The Kier molecular flexibility index (Phi) is 6.55. The zero-order valence-corrected chi connectivity index (χ0v) is 17.4. The Morgan fingerprint density at radius 1 is 1.37 bits per heavy atom. The molecule has 1 N–H and O–H groups in total. The van der Waals surface area contributed by atoms with Crippen LogP contribution in [0.3, 0.4) is 0 Å². The number of likely N-dealkylation sites (tertiary alicyclic amines) is 1. The number of phenolic OH excluding ortho intramolecular Hbond substituents is 1. The van der Waals surface area contributed by atoms with Crippen molar-refractivity contribution in [1.82, 2.24) is 19.8 Å². The SMILES string of the molecule is Cc1c(Br)cnn1/C(=C\Cc1ccccc1O)N(F)CC1CCN(C)CC1. The lowest BCUT2D eigenvalue weighted by Crippen LogP contribution is -2.35. The van der Waals surface area contributed by atoms with Crippen LogP contribution >= 0.6 is 15.9 Å². The predicted molar refractivity (Wildman–Crippen MR) is 109 cm³/mol. The van der Waals surface area contributed by atoms with Gasteiger partial charge in [-0.25, -0.2) is 4.68 Å². The second kappa shape index (κ2) is 8.89. The summed E-state index contributed by atoms with van der Waals surface area (Å²) >= 11 is 3.45. The average molecular weight is 437 g/mol. The van der Waals surface area contributed by atoms with Crippen LogP contribution in [0.4, 0.5) is 4.48 Å². The fourth-order valence-corrected chi connectivity index (χ4v) is 3.62. The van der Waals surface area contributed by atoms with Gasteiger partial charge in [0.15, 0.2) is 5.82 Å². The molecule has 0 radical (unpaired) electrons. The van der Waals surface area contributed by atoms with Crippen LogP contribution in [0.25, 0.3) is 5.82 Å². The molecule has 0 unspecified atom stereocenters. The van der Waals surface area contributed by atoms with Crippen molar-refractivity contribution in [3.63, 3.8) is 0 Å². The second-order valence-electron chi connectivity index (χ2n) is 7.18. The van der Waals surface area contributed by atoms with Crippen LogP contribution in [0.5, 0.6) is 5.75 Å². The molecule has 0 atom stereocenters. The minimum Gasteiger partial charge on any atom is -0.508 e. The molecule has 3 rings (SSSR count). The van der Waals surface area contributed by atoms with E-state index in [1.165, 1.54) is 0 Å². The highest BCUT2D eigenvalue weighted by molar-refractivity contribution is 9.10. The lowest BCUT2D eigenvalue weighted by molar-refractivity contribution is 0.0573. The van der Waals surface area contributed by atoms with Crippen molar-refractivity contribution < 1.29 is 9.59 Å². The van der Waals surface area contributed by atoms with Gasteiger partial charge in [0.2, 0.25) is 0 Å². The molecule has 1 saturated heterocycles. The number of hydrogen-bond donors (Lipinski definition) is 1. The summed E-state index contributed by atoms with van der Waals surface area (Å²) in [6.07, 6.45) is 5.87. The first-order valence-corrected chi connectivity index (χ1v) is 10.0. The van der Waals surface area contributed by atoms with Crippen molar-refractivity contribution in [2.24, 2.45) is 5.92 Å². The summed E-state index contributed by atoms with van der Waals surface area (Å²) in [5, 5.41) is 15.1. The summed E-state index contributed by atoms with van der Waals surface area (Å²) in [6.45, 7) is 4.25. The van der Waals surface area contributed by atoms with Crippen LogP contribution in [0.15, 0.2) is 41.0 Å². The fourth-order valence-electron chi connectivity index (χ4n) is 3.36. The van der Waals surface area contributed by atoms with E-state index < -0.39 is 0 Å². The number of rotatable bonds is 6. The molecule has 0 bridgehead atoms. The Bertz CT molecular complexity index is 799. The van der Waals surface area contributed by atoms with Crippen LogP contribution in [0, 0.1) is 12.8 Å². The molecule has 1 aromatic carbocycles. The molecule has 0 amide bonds. The van der Waals surface area contributed by atoms with Gasteiger partial charge in [-0.15, -0.1) is 0 Å². The van der Waals surface area contributed by atoms with Crippen molar-refractivity contribution >= 4 is 21.8 Å². The van der Waals surface area contributed by atoms with E-state index in [0.29, 0.717) is 24.7 Å². The van der Waals surface area contributed by atoms with Gasteiger partial charge in [0, 0.05) is 0 Å². The van der Waals surface area contributed by atoms with E-state index in [0.717, 1.165) is 46.8 Å². The number of benzene rings is 1. The summed E-state index contributed by atoms with van der Waals surface area (Å²) in [5.41, 5.74) is 1.59. The first kappa shape index (κ1) is 19.9. The first-order chi connectivity index (χ1) is 13.0. The van der Waals surface area contributed by atoms with Crippen molar-refractivity contribution in [3.05, 3.63) is 52.3 Å². The molecular formula is C20H26BrFN4O. The molecule has 2 heterocycles. The molecule has 5 nitrogen and oxygen atoms in total. The standard InChI is InChI=1S/C20H26BrFN4O/c1-15-18(21)13-23-26(15)20(8-7-17-5-3-4-6-19(17)27)25(22)14-16-9-11-24(2)12-10-16/h3-6,8,13,16,27H,7,9-12,14H2,1-2H3/b20-8-. The van der Waals surface area contributed by atoms with Gasteiger partial charge in [-0.3, -0.25) is 0 Å². The molecule has 2 aromatic rings. The quantitative estimate of drug-likeness (QED) is 0.688. The minimum absolute atomic E-state index is 0.215. The maximum absolute atomic E-state index is 15.2. The number of aromatic nitrogens is 2. The first-order valence-electron chi connectivity index (χ1n) is 9.25. The number of hydrogen-bond acceptors (Lipinski definition) is 4. The number of nitrogens with zero attached hydrogens (tertiary/aromatic N) is 4. The van der Waals surface area contributed by atoms with Crippen molar-refractivity contribution in [1.29, 1.82) is 0 Å². The van der Waals surface area contributed by atoms with E-state index in [9.17, 15) is 5.11 Å². The van der Waals surface area contributed by atoms with Crippen LogP contribution in [-0.2, 0) is 6.42 Å². The molecule has 7 heteroatoms. The number of phenols is 1. The topological polar surface area (TPSA) is 44.5 Å². The van der Waals surface area contributed by atoms with Gasteiger partial charge in [-0.1, -0.05) is 22.7 Å². The number of para-hydroxylation sites is 1. The Hall–Kier alpha value is -1.86. The molecular weight excluding hydrogens is 411 g/mol. The summed E-state index contributed by atoms with van der Waals surface area (Å²) in [6, 6.07) is 7.13. The van der Waals surface area contributed by atoms with Crippen LogP contribution < -0.4 is 0 Å². The third kappa shape index (κ3) is 4.90. The average Bonchev–Trinajstić information content (AvgIpc) is 2.98. The van der Waals surface area contributed by atoms with Gasteiger partial charge in [-0.2, -0.15) is 10.2 Å². The molecule has 27 heavy (non-hydrogen) atoms. The van der Waals surface area contributed by atoms with Crippen LogP contribution in [0.1, 0.15) is 24.1 Å². The van der Waals surface area contributed by atoms with Gasteiger partial charge in [0.25, 0.3) is 0 Å². The van der Waals surface area contributed by atoms with E-state index in [1.807, 2.05) is 19.1 Å². The van der Waals surface area contributed by atoms with Crippen LogP contribution in [-0.4, -0.2) is 51.6 Å². The molecule has 0 aliphatic carbocycles. The Morgan fingerprint density at radius 2 is 2.07 bits per heavy atom. The third-order valence-corrected chi connectivity index (χ3v) is 5.95. The van der Waals surface area contributed by atoms with Crippen LogP contribution in [0.2, 0.25) is 0 Å². The molecule has 1 aromatic heterocycles. The summed E-state index contributed by atoms with van der Waals surface area (Å²) in [5.74, 6) is 0.923. The number of aromatic hydroxyl groups is 1. The molecule has 1 fully saturated rings. The Morgan fingerprint density at radius 3 is 2.70 bits per heavy atom. The number of allylic oxidation sites excluding steroid dienone is 1. The molecule has 1 aliphatic heterocycles. The monoisotopic (exact) mass is 436 g/mol. The van der Waals surface area contributed by atoms with Gasteiger partial charge >= 0.3 is 0 Å². The van der Waals surface area contributed by atoms with Crippen molar-refractivity contribution in [3.8, 4) is 5.75 Å². The highest BCUT2D eigenvalue weighted by Gasteiger charge is 2.23. The molecule has 0 saturated carbocycles. The predicted octanol–water partition coefficient (Wildman–Crippen LogP) is 4.23. The van der Waals surface area contributed by atoms with E-state index in [2.05, 4.69) is 33.0 Å². The largest absolute Gasteiger partial charge is 0.508 e. The lowest BCUT2D eigenvalue weighted by Gasteiger charge is -2.31. The maximum Gasteiger partial charge on any atom is 0.155 e. The number of halogens is 2. The maximum atomic E-state index is 15.2. The summed E-state index contributed by atoms with van der Waals surface area (Å²) in [7, 11) is 2.10. The Balaban J connectivity index is 1.82. The second-order valence-corrected chi connectivity index (χ2v) is 8.03. The highest BCUT2D eigenvalue weighted by Crippen LogP contribution is 2.26. The zero-order valence-electron chi connectivity index (χ0n) is 15.8. The molecule has 1 aliphatic rings. The smallest absolute Gasteiger partial charge is 0.155 e. The fraction of sp³-hybridized carbons (Fsp3) is 0.450. The van der Waals surface area contributed by atoms with Gasteiger partial charge in [0.1, 0.15) is 5.75 Å².